The molecule has 0 spiro atoms. The lowest BCUT2D eigenvalue weighted by molar-refractivity contribution is 0.200. The zero-order valence-electron chi connectivity index (χ0n) is 10.2. The van der Waals surface area contributed by atoms with E-state index >= 15 is 0 Å². The van der Waals surface area contributed by atoms with E-state index in [1.54, 1.807) is 13.3 Å². The Labute approximate surface area is 96.6 Å². The van der Waals surface area contributed by atoms with Crippen molar-refractivity contribution >= 4 is 5.82 Å². The topological polar surface area (TPSA) is 59.1 Å². The highest BCUT2D eigenvalue weighted by Crippen LogP contribution is 2.04. The summed E-state index contributed by atoms with van der Waals surface area (Å²) >= 11 is 0. The lowest BCUT2D eigenvalue weighted by Crippen LogP contribution is -2.25. The van der Waals surface area contributed by atoms with Gasteiger partial charge in [-0.05, 0) is 13.8 Å². The largest absolute Gasteiger partial charge is 0.383 e. The first-order valence-electron chi connectivity index (χ1n) is 5.48. The van der Waals surface area contributed by atoms with E-state index in [4.69, 9.17) is 4.74 Å². The molecule has 1 rings (SSSR count). The minimum absolute atomic E-state index is 0.740. The summed E-state index contributed by atoms with van der Waals surface area (Å²) in [5.74, 6) is 0.830. The lowest BCUT2D eigenvalue weighted by atomic mass is 10.3. The number of methoxy groups -OCH3 is 1. The van der Waals surface area contributed by atoms with Crippen molar-refractivity contribution in [1.29, 1.82) is 0 Å². The number of hydrogen-bond acceptors (Lipinski definition) is 5. The van der Waals surface area contributed by atoms with Gasteiger partial charge in [-0.25, -0.2) is 4.98 Å². The van der Waals surface area contributed by atoms with Crippen LogP contribution in [0, 0.1) is 13.8 Å². The second kappa shape index (κ2) is 7.14. The third-order valence-electron chi connectivity index (χ3n) is 2.28. The van der Waals surface area contributed by atoms with Gasteiger partial charge in [-0.1, -0.05) is 0 Å². The molecule has 0 radical (unpaired) electrons. The van der Waals surface area contributed by atoms with E-state index in [0.29, 0.717) is 0 Å². The van der Waals surface area contributed by atoms with Crippen molar-refractivity contribution in [2.75, 3.05) is 38.7 Å². The molecule has 0 aromatic carbocycles. The molecule has 5 nitrogen and oxygen atoms in total. The molecular formula is C11H20N4O. The number of aryl methyl sites for hydroxylation is 2. The Morgan fingerprint density at radius 1 is 1.19 bits per heavy atom. The van der Waals surface area contributed by atoms with Gasteiger partial charge >= 0.3 is 0 Å². The maximum absolute atomic E-state index is 4.93. The van der Waals surface area contributed by atoms with E-state index in [1.165, 1.54) is 0 Å². The fourth-order valence-electron chi connectivity index (χ4n) is 1.21. The third kappa shape index (κ3) is 4.55. The smallest absolute Gasteiger partial charge is 0.144 e. The number of nitrogens with one attached hydrogen (secondary N) is 2. The molecule has 0 aliphatic carbocycles. The first kappa shape index (κ1) is 12.9. The molecule has 5 heteroatoms. The van der Waals surface area contributed by atoms with Crippen molar-refractivity contribution in [3.8, 4) is 0 Å². The maximum atomic E-state index is 4.93. The summed E-state index contributed by atoms with van der Waals surface area (Å²) in [6.07, 6.45) is 1.76. The van der Waals surface area contributed by atoms with Crippen LogP contribution >= 0.6 is 0 Å². The van der Waals surface area contributed by atoms with Gasteiger partial charge in [-0.3, -0.25) is 4.98 Å². The highest BCUT2D eigenvalue weighted by atomic mass is 16.5. The van der Waals surface area contributed by atoms with Crippen LogP contribution in [0.2, 0.25) is 0 Å². The number of ether oxygens (including phenoxy) is 1. The number of anilines is 1. The average molecular weight is 224 g/mol. The highest BCUT2D eigenvalue weighted by molar-refractivity contribution is 5.33. The van der Waals surface area contributed by atoms with Gasteiger partial charge in [-0.2, -0.15) is 0 Å². The van der Waals surface area contributed by atoms with Crippen molar-refractivity contribution < 1.29 is 4.74 Å². The molecule has 90 valence electrons. The summed E-state index contributed by atoms with van der Waals surface area (Å²) in [7, 11) is 1.70. The Balaban J connectivity index is 2.19. The minimum Gasteiger partial charge on any atom is -0.383 e. The van der Waals surface area contributed by atoms with Gasteiger partial charge in [0.15, 0.2) is 0 Å². The minimum atomic E-state index is 0.740. The number of hydrogen-bond donors (Lipinski definition) is 2. The van der Waals surface area contributed by atoms with Crippen LogP contribution in [-0.4, -0.2) is 43.3 Å². The quantitative estimate of drug-likeness (QED) is 0.669. The van der Waals surface area contributed by atoms with E-state index < -0.39 is 0 Å². The van der Waals surface area contributed by atoms with Crippen molar-refractivity contribution in [2.24, 2.45) is 0 Å². The first-order chi connectivity index (χ1) is 7.74. The van der Waals surface area contributed by atoms with E-state index in [0.717, 1.165) is 43.4 Å². The summed E-state index contributed by atoms with van der Waals surface area (Å²) < 4.78 is 4.93. The fourth-order valence-corrected chi connectivity index (χ4v) is 1.21. The van der Waals surface area contributed by atoms with Gasteiger partial charge in [0, 0.05) is 26.7 Å². The normalized spacial score (nSPS) is 10.4. The molecule has 1 aromatic heterocycles. The van der Waals surface area contributed by atoms with Crippen LogP contribution in [0.15, 0.2) is 6.20 Å². The molecule has 0 amide bonds. The van der Waals surface area contributed by atoms with Crippen LogP contribution in [0.4, 0.5) is 5.82 Å². The van der Waals surface area contributed by atoms with E-state index in [9.17, 15) is 0 Å². The molecule has 2 N–H and O–H groups in total. The Kier molecular flexibility index (Phi) is 5.74. The van der Waals surface area contributed by atoms with Crippen LogP contribution in [0.1, 0.15) is 11.4 Å². The van der Waals surface area contributed by atoms with Gasteiger partial charge in [-0.15, -0.1) is 0 Å². The van der Waals surface area contributed by atoms with Crippen LogP contribution in [0.25, 0.3) is 0 Å². The zero-order valence-corrected chi connectivity index (χ0v) is 10.2. The summed E-state index contributed by atoms with van der Waals surface area (Å²) in [6.45, 7) is 7.25. The molecule has 0 aliphatic rings. The highest BCUT2D eigenvalue weighted by Gasteiger charge is 1.97. The SMILES string of the molecule is COCCNCCNc1cnc(C)c(C)n1. The van der Waals surface area contributed by atoms with Gasteiger partial charge in [0.1, 0.15) is 5.82 Å². The van der Waals surface area contributed by atoms with Crippen LogP contribution in [0.3, 0.4) is 0 Å². The van der Waals surface area contributed by atoms with Gasteiger partial charge < -0.3 is 15.4 Å². The van der Waals surface area contributed by atoms with Gasteiger partial charge in [0.2, 0.25) is 0 Å². The average Bonchev–Trinajstić information content (AvgIpc) is 2.28. The molecule has 0 saturated heterocycles. The van der Waals surface area contributed by atoms with Gasteiger partial charge in [0.05, 0.1) is 24.2 Å². The van der Waals surface area contributed by atoms with Crippen molar-refractivity contribution in [3.63, 3.8) is 0 Å². The molecule has 0 aliphatic heterocycles. The molecule has 1 aromatic rings. The summed E-state index contributed by atoms with van der Waals surface area (Å²) in [5, 5.41) is 6.46. The molecule has 0 unspecified atom stereocenters. The van der Waals surface area contributed by atoms with Crippen molar-refractivity contribution in [3.05, 3.63) is 17.6 Å². The maximum Gasteiger partial charge on any atom is 0.144 e. The molecule has 0 bridgehead atoms. The van der Waals surface area contributed by atoms with Crippen molar-refractivity contribution in [2.45, 2.75) is 13.8 Å². The molecule has 0 atom stereocenters. The second-order valence-electron chi connectivity index (χ2n) is 3.60. The monoisotopic (exact) mass is 224 g/mol. The summed E-state index contributed by atoms with van der Waals surface area (Å²) in [6, 6.07) is 0. The Morgan fingerprint density at radius 2 is 2.00 bits per heavy atom. The van der Waals surface area contributed by atoms with Crippen LogP contribution in [-0.2, 0) is 4.74 Å². The first-order valence-corrected chi connectivity index (χ1v) is 5.48. The Bertz CT molecular complexity index is 317. The molecule has 16 heavy (non-hydrogen) atoms. The zero-order chi connectivity index (χ0) is 11.8. The predicted molar refractivity (Wildman–Crippen MR) is 64.7 cm³/mol. The summed E-state index contributed by atoms with van der Waals surface area (Å²) in [4.78, 5) is 8.62. The standard InChI is InChI=1S/C11H20N4O/c1-9-10(2)15-11(8-14-9)13-5-4-12-6-7-16-3/h8,12H,4-7H2,1-3H3,(H,13,15). The molecule has 0 fully saturated rings. The van der Waals surface area contributed by atoms with E-state index in [2.05, 4.69) is 20.6 Å². The third-order valence-corrected chi connectivity index (χ3v) is 2.28. The fraction of sp³-hybridized carbons (Fsp3) is 0.636. The second-order valence-corrected chi connectivity index (χ2v) is 3.60. The lowest BCUT2D eigenvalue weighted by Gasteiger charge is -2.07. The van der Waals surface area contributed by atoms with Crippen molar-refractivity contribution in [1.82, 2.24) is 15.3 Å². The number of rotatable bonds is 7. The van der Waals surface area contributed by atoms with Crippen LogP contribution < -0.4 is 10.6 Å². The molecule has 0 saturated carbocycles. The predicted octanol–water partition coefficient (Wildman–Crippen LogP) is 0.741. The molecule has 1 heterocycles. The van der Waals surface area contributed by atoms with Gasteiger partial charge in [0.25, 0.3) is 0 Å². The Hall–Kier alpha value is -1.20. The van der Waals surface area contributed by atoms with E-state index in [1.807, 2.05) is 13.8 Å². The number of aromatic nitrogens is 2. The Morgan fingerprint density at radius 3 is 2.69 bits per heavy atom. The van der Waals surface area contributed by atoms with Crippen LogP contribution in [0.5, 0.6) is 0 Å². The number of nitrogens with zero attached hydrogens (tertiary/aromatic N) is 2. The van der Waals surface area contributed by atoms with E-state index in [-0.39, 0.29) is 0 Å². The summed E-state index contributed by atoms with van der Waals surface area (Å²) in [5.41, 5.74) is 1.95. The molecular weight excluding hydrogens is 204 g/mol.